The minimum atomic E-state index is -0.229. The normalized spacial score (nSPS) is 10.8. The highest BCUT2D eigenvalue weighted by molar-refractivity contribution is 5.89. The molecule has 2 amide bonds. The molecular formula is C17H23N3O3. The molecule has 23 heavy (non-hydrogen) atoms. The molecule has 0 aliphatic heterocycles. The Labute approximate surface area is 136 Å². The number of carbonyl (C=O) groups is 1. The summed E-state index contributed by atoms with van der Waals surface area (Å²) in [6.45, 7) is 6.77. The number of rotatable bonds is 6. The molecule has 1 aromatic heterocycles. The largest absolute Gasteiger partial charge is 0.441 e. The Morgan fingerprint density at radius 1 is 1.35 bits per heavy atom. The molecule has 1 aromatic carbocycles. The van der Waals surface area contributed by atoms with Crippen LogP contribution >= 0.6 is 0 Å². The Balaban J connectivity index is 2.05. The number of carbonyl (C=O) groups excluding carboxylic acids is 1. The average Bonchev–Trinajstić information content (AvgIpc) is 3.03. The van der Waals surface area contributed by atoms with Gasteiger partial charge in [0, 0.05) is 30.3 Å². The number of amides is 2. The van der Waals surface area contributed by atoms with Crippen molar-refractivity contribution in [2.75, 3.05) is 25.0 Å². The summed E-state index contributed by atoms with van der Waals surface area (Å²) in [4.78, 5) is 17.9. The van der Waals surface area contributed by atoms with Gasteiger partial charge in [-0.2, -0.15) is 0 Å². The van der Waals surface area contributed by atoms with Crippen molar-refractivity contribution < 1.29 is 14.3 Å². The summed E-state index contributed by atoms with van der Waals surface area (Å²) in [7, 11) is 0. The molecule has 0 saturated heterocycles. The number of urea groups is 1. The van der Waals surface area contributed by atoms with Crippen LogP contribution in [0.1, 0.15) is 32.4 Å². The summed E-state index contributed by atoms with van der Waals surface area (Å²) in [5, 5.41) is 11.8. The lowest BCUT2D eigenvalue weighted by Crippen LogP contribution is -2.36. The van der Waals surface area contributed by atoms with Gasteiger partial charge in [-0.3, -0.25) is 0 Å². The van der Waals surface area contributed by atoms with E-state index in [9.17, 15) is 4.79 Å². The summed E-state index contributed by atoms with van der Waals surface area (Å²) in [6.07, 6.45) is 1.74. The van der Waals surface area contributed by atoms with Gasteiger partial charge in [-0.1, -0.05) is 13.8 Å². The van der Waals surface area contributed by atoms with E-state index in [2.05, 4.69) is 24.1 Å². The van der Waals surface area contributed by atoms with Gasteiger partial charge < -0.3 is 19.7 Å². The zero-order valence-corrected chi connectivity index (χ0v) is 13.7. The van der Waals surface area contributed by atoms with E-state index in [0.29, 0.717) is 30.6 Å². The number of benzene rings is 1. The van der Waals surface area contributed by atoms with E-state index in [1.54, 1.807) is 18.3 Å². The molecule has 0 fully saturated rings. The minimum Gasteiger partial charge on any atom is -0.441 e. The Kier molecular flexibility index (Phi) is 5.76. The van der Waals surface area contributed by atoms with Gasteiger partial charge in [0.05, 0.1) is 12.8 Å². The second-order valence-corrected chi connectivity index (χ2v) is 5.53. The predicted molar refractivity (Wildman–Crippen MR) is 89.4 cm³/mol. The van der Waals surface area contributed by atoms with Crippen LogP contribution in [0.3, 0.4) is 0 Å². The molecule has 1 heterocycles. The zero-order valence-electron chi connectivity index (χ0n) is 13.7. The van der Waals surface area contributed by atoms with Gasteiger partial charge in [0.25, 0.3) is 0 Å². The molecule has 0 aliphatic rings. The van der Waals surface area contributed by atoms with Crippen molar-refractivity contribution in [1.29, 1.82) is 0 Å². The number of aliphatic hydroxyl groups is 1. The number of anilines is 1. The highest BCUT2D eigenvalue weighted by Gasteiger charge is 2.12. The van der Waals surface area contributed by atoms with Gasteiger partial charge in [-0.25, -0.2) is 9.78 Å². The summed E-state index contributed by atoms with van der Waals surface area (Å²) >= 11 is 0. The van der Waals surface area contributed by atoms with E-state index < -0.39 is 0 Å². The SMILES string of the molecule is CCN(CCO)C(=O)Nc1ccc(-c2ncc(C(C)C)o2)cc1. The van der Waals surface area contributed by atoms with E-state index in [1.807, 2.05) is 19.1 Å². The number of likely N-dealkylation sites (N-methyl/N-ethyl adjacent to an activating group) is 1. The van der Waals surface area contributed by atoms with Gasteiger partial charge in [-0.15, -0.1) is 0 Å². The molecule has 0 saturated carbocycles. The molecule has 0 spiro atoms. The highest BCUT2D eigenvalue weighted by atomic mass is 16.4. The van der Waals surface area contributed by atoms with Crippen LogP contribution in [0.2, 0.25) is 0 Å². The van der Waals surface area contributed by atoms with E-state index in [4.69, 9.17) is 9.52 Å². The lowest BCUT2D eigenvalue weighted by Gasteiger charge is -2.20. The molecule has 0 radical (unpaired) electrons. The van der Waals surface area contributed by atoms with Crippen LogP contribution in [0.5, 0.6) is 0 Å². The van der Waals surface area contributed by atoms with Crippen LogP contribution in [-0.4, -0.2) is 40.7 Å². The van der Waals surface area contributed by atoms with Crippen LogP contribution in [0.15, 0.2) is 34.9 Å². The van der Waals surface area contributed by atoms with Crippen molar-refractivity contribution in [2.45, 2.75) is 26.7 Å². The third-order valence-electron chi connectivity index (χ3n) is 3.51. The fourth-order valence-corrected chi connectivity index (χ4v) is 2.11. The van der Waals surface area contributed by atoms with Crippen LogP contribution < -0.4 is 5.32 Å². The highest BCUT2D eigenvalue weighted by Crippen LogP contribution is 2.24. The third-order valence-corrected chi connectivity index (χ3v) is 3.51. The van der Waals surface area contributed by atoms with Crippen LogP contribution in [0.4, 0.5) is 10.5 Å². The molecule has 124 valence electrons. The van der Waals surface area contributed by atoms with Gasteiger partial charge in [0.1, 0.15) is 5.76 Å². The maximum atomic E-state index is 12.0. The van der Waals surface area contributed by atoms with E-state index in [0.717, 1.165) is 11.3 Å². The lowest BCUT2D eigenvalue weighted by molar-refractivity contribution is 0.192. The van der Waals surface area contributed by atoms with Crippen molar-refractivity contribution in [1.82, 2.24) is 9.88 Å². The predicted octanol–water partition coefficient (Wildman–Crippen LogP) is 3.31. The van der Waals surface area contributed by atoms with E-state index in [-0.39, 0.29) is 12.6 Å². The second-order valence-electron chi connectivity index (χ2n) is 5.53. The Morgan fingerprint density at radius 3 is 2.57 bits per heavy atom. The number of hydrogen-bond donors (Lipinski definition) is 2. The van der Waals surface area contributed by atoms with Crippen molar-refractivity contribution in [3.05, 3.63) is 36.2 Å². The monoisotopic (exact) mass is 317 g/mol. The summed E-state index contributed by atoms with van der Waals surface area (Å²) in [5.41, 5.74) is 1.54. The lowest BCUT2D eigenvalue weighted by atomic mass is 10.2. The maximum Gasteiger partial charge on any atom is 0.321 e. The summed E-state index contributed by atoms with van der Waals surface area (Å²) < 4.78 is 5.71. The summed E-state index contributed by atoms with van der Waals surface area (Å²) in [6, 6.07) is 7.09. The number of oxazole rings is 1. The second kappa shape index (κ2) is 7.78. The average molecular weight is 317 g/mol. The maximum absolute atomic E-state index is 12.0. The molecular weight excluding hydrogens is 294 g/mol. The molecule has 0 unspecified atom stereocenters. The van der Waals surface area contributed by atoms with Crippen molar-refractivity contribution >= 4 is 11.7 Å². The number of nitrogens with zero attached hydrogens (tertiary/aromatic N) is 2. The van der Waals surface area contributed by atoms with Crippen LogP contribution in [0, 0.1) is 0 Å². The molecule has 0 bridgehead atoms. The molecule has 6 nitrogen and oxygen atoms in total. The summed E-state index contributed by atoms with van der Waals surface area (Å²) in [5.74, 6) is 1.71. The van der Waals surface area contributed by atoms with Crippen molar-refractivity contribution in [2.24, 2.45) is 0 Å². The fourth-order valence-electron chi connectivity index (χ4n) is 2.11. The Morgan fingerprint density at radius 2 is 2.04 bits per heavy atom. The van der Waals surface area contributed by atoms with Gasteiger partial charge in [0.2, 0.25) is 5.89 Å². The Bertz CT molecular complexity index is 635. The van der Waals surface area contributed by atoms with Crippen molar-refractivity contribution in [3.63, 3.8) is 0 Å². The van der Waals surface area contributed by atoms with Crippen LogP contribution in [-0.2, 0) is 0 Å². The third kappa shape index (κ3) is 4.32. The van der Waals surface area contributed by atoms with Crippen molar-refractivity contribution in [3.8, 4) is 11.5 Å². The van der Waals surface area contributed by atoms with Gasteiger partial charge in [-0.05, 0) is 31.2 Å². The van der Waals surface area contributed by atoms with Gasteiger partial charge >= 0.3 is 6.03 Å². The zero-order chi connectivity index (χ0) is 16.8. The number of hydrogen-bond acceptors (Lipinski definition) is 4. The van der Waals surface area contributed by atoms with Crippen LogP contribution in [0.25, 0.3) is 11.5 Å². The Hall–Kier alpha value is -2.34. The first-order chi connectivity index (χ1) is 11.0. The molecule has 6 heteroatoms. The van der Waals surface area contributed by atoms with E-state index in [1.165, 1.54) is 4.90 Å². The first kappa shape index (κ1) is 17.0. The smallest absolute Gasteiger partial charge is 0.321 e. The molecule has 0 atom stereocenters. The first-order valence-corrected chi connectivity index (χ1v) is 7.78. The number of aliphatic hydroxyl groups excluding tert-OH is 1. The topological polar surface area (TPSA) is 78.6 Å². The first-order valence-electron chi connectivity index (χ1n) is 7.78. The molecule has 2 N–H and O–H groups in total. The molecule has 2 rings (SSSR count). The fraction of sp³-hybridized carbons (Fsp3) is 0.412. The standard InChI is InChI=1S/C17H23N3O3/c1-4-20(9-10-21)17(22)19-14-7-5-13(6-8-14)16-18-11-15(23-16)12(2)3/h5-8,11-12,21H,4,9-10H2,1-3H3,(H,19,22). The van der Waals surface area contributed by atoms with Gasteiger partial charge in [0.15, 0.2) is 0 Å². The molecule has 0 aliphatic carbocycles. The number of aromatic nitrogens is 1. The minimum absolute atomic E-state index is 0.0530. The quantitative estimate of drug-likeness (QED) is 0.856. The van der Waals surface area contributed by atoms with E-state index >= 15 is 0 Å². The molecule has 2 aromatic rings. The number of nitrogens with one attached hydrogen (secondary N) is 1.